The monoisotopic (exact) mass is 199 g/mol. The molecule has 13 heavy (non-hydrogen) atoms. The van der Waals surface area contributed by atoms with Crippen LogP contribution in [0.3, 0.4) is 0 Å². The molecular weight excluding hydrogens is 182 g/mol. The van der Waals surface area contributed by atoms with Crippen molar-refractivity contribution < 1.29 is 0 Å². The Hall–Kier alpha value is -0.530. The van der Waals surface area contributed by atoms with Crippen molar-refractivity contribution in [1.82, 2.24) is 0 Å². The lowest BCUT2D eigenvalue weighted by molar-refractivity contribution is 0.915. The van der Waals surface area contributed by atoms with Gasteiger partial charge in [-0.2, -0.15) is 0 Å². The van der Waals surface area contributed by atoms with Crippen LogP contribution >= 0.6 is 12.4 Å². The molecule has 0 aliphatic rings. The smallest absolute Gasteiger partial charge is 0.00367 e. The van der Waals surface area contributed by atoms with Crippen LogP contribution in [0.25, 0.3) is 0 Å². The molecule has 1 rings (SSSR count). The average Bonchev–Trinajstić information content (AvgIpc) is 2.09. The predicted octanol–water partition coefficient (Wildman–Crippen LogP) is 2.56. The van der Waals surface area contributed by atoms with Crippen molar-refractivity contribution in [2.75, 3.05) is 6.54 Å². The maximum Gasteiger partial charge on any atom is -0.00367 e. The first kappa shape index (κ1) is 12.5. The van der Waals surface area contributed by atoms with Gasteiger partial charge in [0.05, 0.1) is 0 Å². The highest BCUT2D eigenvalue weighted by Crippen LogP contribution is 2.06. The van der Waals surface area contributed by atoms with Crippen molar-refractivity contribution in [2.45, 2.75) is 26.2 Å². The minimum atomic E-state index is 0. The number of aryl methyl sites for hydroxylation is 1. The van der Waals surface area contributed by atoms with Gasteiger partial charge in [-0.3, -0.25) is 0 Å². The number of hydrogen-bond acceptors (Lipinski definition) is 1. The highest BCUT2D eigenvalue weighted by molar-refractivity contribution is 5.85. The highest BCUT2D eigenvalue weighted by Gasteiger charge is 1.92. The van der Waals surface area contributed by atoms with Gasteiger partial charge in [-0.1, -0.05) is 37.6 Å². The Morgan fingerprint density at radius 1 is 1.00 bits per heavy atom. The summed E-state index contributed by atoms with van der Waals surface area (Å²) in [5, 5.41) is 0. The molecule has 0 amide bonds. The molecule has 0 aliphatic carbocycles. The Balaban J connectivity index is 0.00000144. The Labute approximate surface area is 86.7 Å². The molecule has 74 valence electrons. The van der Waals surface area contributed by atoms with Crippen LogP contribution in [0.5, 0.6) is 0 Å². The second kappa shape index (κ2) is 6.93. The molecule has 1 aromatic carbocycles. The Kier molecular flexibility index (Phi) is 6.65. The van der Waals surface area contributed by atoms with E-state index in [0.29, 0.717) is 0 Å². The van der Waals surface area contributed by atoms with Crippen LogP contribution in [-0.2, 0) is 12.8 Å². The summed E-state index contributed by atoms with van der Waals surface area (Å²) in [4.78, 5) is 0. The molecule has 0 aliphatic heterocycles. The molecule has 0 saturated carbocycles. The van der Waals surface area contributed by atoms with Crippen molar-refractivity contribution >= 4 is 12.4 Å². The van der Waals surface area contributed by atoms with Gasteiger partial charge in [0, 0.05) is 0 Å². The lowest BCUT2D eigenvalue weighted by Crippen LogP contribution is -2.02. The van der Waals surface area contributed by atoms with E-state index >= 15 is 0 Å². The fourth-order valence-corrected chi connectivity index (χ4v) is 1.33. The molecule has 0 unspecified atom stereocenters. The minimum Gasteiger partial charge on any atom is -0.330 e. The molecule has 2 N–H and O–H groups in total. The van der Waals surface area contributed by atoms with Gasteiger partial charge >= 0.3 is 0 Å². The summed E-state index contributed by atoms with van der Waals surface area (Å²) in [7, 11) is 0. The second-order valence-electron chi connectivity index (χ2n) is 3.11. The molecule has 0 atom stereocenters. The fraction of sp³-hybridized carbons (Fsp3) is 0.455. The van der Waals surface area contributed by atoms with E-state index in [-0.39, 0.29) is 12.4 Å². The van der Waals surface area contributed by atoms with Crippen molar-refractivity contribution in [1.29, 1.82) is 0 Å². The van der Waals surface area contributed by atoms with E-state index in [1.54, 1.807) is 0 Å². The summed E-state index contributed by atoms with van der Waals surface area (Å²) in [6, 6.07) is 8.76. The molecule has 0 spiro atoms. The molecule has 0 bridgehead atoms. The molecule has 2 heteroatoms. The van der Waals surface area contributed by atoms with Gasteiger partial charge in [-0.25, -0.2) is 0 Å². The van der Waals surface area contributed by atoms with E-state index in [2.05, 4.69) is 31.2 Å². The molecule has 1 aromatic rings. The summed E-state index contributed by atoms with van der Waals surface area (Å²) in [5.74, 6) is 0. The lowest BCUT2D eigenvalue weighted by Gasteiger charge is -2.01. The van der Waals surface area contributed by atoms with E-state index in [9.17, 15) is 0 Å². The maximum absolute atomic E-state index is 5.46. The molecule has 0 aromatic heterocycles. The number of nitrogens with two attached hydrogens (primary N) is 1. The summed E-state index contributed by atoms with van der Waals surface area (Å²) < 4.78 is 0. The van der Waals surface area contributed by atoms with Gasteiger partial charge < -0.3 is 5.73 Å². The van der Waals surface area contributed by atoms with Gasteiger partial charge in [-0.05, 0) is 30.5 Å². The van der Waals surface area contributed by atoms with Crippen LogP contribution in [0.4, 0.5) is 0 Å². The van der Waals surface area contributed by atoms with E-state index in [0.717, 1.165) is 13.0 Å². The van der Waals surface area contributed by atoms with E-state index in [1.165, 1.54) is 24.0 Å². The zero-order valence-electron chi connectivity index (χ0n) is 8.12. The first-order valence-corrected chi connectivity index (χ1v) is 4.64. The van der Waals surface area contributed by atoms with Crippen molar-refractivity contribution in [3.8, 4) is 0 Å². The van der Waals surface area contributed by atoms with Crippen molar-refractivity contribution in [2.24, 2.45) is 5.73 Å². The van der Waals surface area contributed by atoms with Gasteiger partial charge in [0.15, 0.2) is 0 Å². The highest BCUT2D eigenvalue weighted by atomic mass is 35.5. The number of hydrogen-bond donors (Lipinski definition) is 1. The molecule has 0 saturated heterocycles. The van der Waals surface area contributed by atoms with Gasteiger partial charge in [-0.15, -0.1) is 12.4 Å². The SMILES string of the molecule is CCCc1ccc(CCN)cc1.Cl. The minimum absolute atomic E-state index is 0. The third-order valence-electron chi connectivity index (χ3n) is 1.99. The van der Waals surface area contributed by atoms with E-state index in [1.807, 2.05) is 0 Å². The first-order chi connectivity index (χ1) is 5.86. The topological polar surface area (TPSA) is 26.0 Å². The third kappa shape index (κ3) is 4.30. The first-order valence-electron chi connectivity index (χ1n) is 4.64. The third-order valence-corrected chi connectivity index (χ3v) is 1.99. The molecule has 0 heterocycles. The van der Waals surface area contributed by atoms with Gasteiger partial charge in [0.1, 0.15) is 0 Å². The summed E-state index contributed by atoms with van der Waals surface area (Å²) in [6.07, 6.45) is 3.39. The van der Waals surface area contributed by atoms with Crippen LogP contribution in [0.15, 0.2) is 24.3 Å². The Morgan fingerprint density at radius 3 is 1.85 bits per heavy atom. The molecule has 0 fully saturated rings. The van der Waals surface area contributed by atoms with Gasteiger partial charge in [0.2, 0.25) is 0 Å². The second-order valence-corrected chi connectivity index (χ2v) is 3.11. The largest absolute Gasteiger partial charge is 0.330 e. The van der Waals surface area contributed by atoms with Crippen LogP contribution in [0, 0.1) is 0 Å². The van der Waals surface area contributed by atoms with Crippen molar-refractivity contribution in [3.05, 3.63) is 35.4 Å². The summed E-state index contributed by atoms with van der Waals surface area (Å²) in [5.41, 5.74) is 8.23. The quantitative estimate of drug-likeness (QED) is 0.793. The summed E-state index contributed by atoms with van der Waals surface area (Å²) >= 11 is 0. The van der Waals surface area contributed by atoms with Crippen LogP contribution in [-0.4, -0.2) is 6.54 Å². The summed E-state index contributed by atoms with van der Waals surface area (Å²) in [6.45, 7) is 2.95. The van der Waals surface area contributed by atoms with Crippen LogP contribution in [0.1, 0.15) is 24.5 Å². The zero-order chi connectivity index (χ0) is 8.81. The predicted molar refractivity (Wildman–Crippen MR) is 60.4 cm³/mol. The van der Waals surface area contributed by atoms with Crippen LogP contribution < -0.4 is 5.73 Å². The molecule has 0 radical (unpaired) electrons. The standard InChI is InChI=1S/C11H17N.ClH/c1-2-3-10-4-6-11(7-5-10)8-9-12;/h4-7H,2-3,8-9,12H2,1H3;1H. The Morgan fingerprint density at radius 2 is 1.46 bits per heavy atom. The van der Waals surface area contributed by atoms with E-state index < -0.39 is 0 Å². The fourth-order valence-electron chi connectivity index (χ4n) is 1.33. The number of rotatable bonds is 4. The zero-order valence-corrected chi connectivity index (χ0v) is 8.94. The van der Waals surface area contributed by atoms with E-state index in [4.69, 9.17) is 5.73 Å². The molecular formula is C11H18ClN. The van der Waals surface area contributed by atoms with Crippen LogP contribution in [0.2, 0.25) is 0 Å². The average molecular weight is 200 g/mol. The van der Waals surface area contributed by atoms with Crippen molar-refractivity contribution in [3.63, 3.8) is 0 Å². The number of benzene rings is 1. The maximum atomic E-state index is 5.46. The Bertz CT molecular complexity index is 193. The number of halogens is 1. The normalized spacial score (nSPS) is 9.38. The molecule has 1 nitrogen and oxygen atoms in total. The van der Waals surface area contributed by atoms with Gasteiger partial charge in [0.25, 0.3) is 0 Å². The lowest BCUT2D eigenvalue weighted by atomic mass is 10.1.